The summed E-state index contributed by atoms with van der Waals surface area (Å²) in [5, 5.41) is 31.0. The second-order valence-corrected chi connectivity index (χ2v) is 20.4. The van der Waals surface area contributed by atoms with Crippen LogP contribution in [0.15, 0.2) is 12.2 Å². The predicted octanol–water partition coefficient (Wildman–Crippen LogP) is 12.2. The molecule has 1 aliphatic heterocycles. The summed E-state index contributed by atoms with van der Waals surface area (Å²) in [5.74, 6) is -2.02. The highest BCUT2D eigenvalue weighted by Crippen LogP contribution is 2.24. The van der Waals surface area contributed by atoms with Gasteiger partial charge in [-0.3, -0.25) is 14.1 Å². The first-order chi connectivity index (χ1) is 31.5. The summed E-state index contributed by atoms with van der Waals surface area (Å²) in [6.07, 6.45) is 38.4. The van der Waals surface area contributed by atoms with Crippen LogP contribution < -0.4 is 0 Å². The lowest BCUT2D eigenvalue weighted by molar-refractivity contribution is -0.297. The largest absolute Gasteiger partial charge is 0.462 e. The van der Waals surface area contributed by atoms with E-state index in [-0.39, 0.29) is 19.4 Å². The van der Waals surface area contributed by atoms with Gasteiger partial charge in [0.2, 0.25) is 0 Å². The molecule has 12 nitrogen and oxygen atoms in total. The maximum Gasteiger partial charge on any atom is 0.306 e. The van der Waals surface area contributed by atoms with Crippen molar-refractivity contribution >= 4 is 22.1 Å². The molecule has 0 bridgehead atoms. The first kappa shape index (κ1) is 61.4. The van der Waals surface area contributed by atoms with Crippen molar-refractivity contribution in [2.75, 3.05) is 19.0 Å². The van der Waals surface area contributed by atoms with Crippen LogP contribution in [-0.4, -0.2) is 96.0 Å². The van der Waals surface area contributed by atoms with Crippen molar-refractivity contribution in [3.8, 4) is 0 Å². The van der Waals surface area contributed by atoms with Crippen molar-refractivity contribution in [2.24, 2.45) is 0 Å². The Bertz CT molecular complexity index is 1250. The van der Waals surface area contributed by atoms with E-state index in [0.717, 1.165) is 32.1 Å². The molecule has 0 amide bonds. The third-order valence-electron chi connectivity index (χ3n) is 12.6. The van der Waals surface area contributed by atoms with Gasteiger partial charge in [0.15, 0.2) is 12.4 Å². The van der Waals surface area contributed by atoms with Crippen LogP contribution in [0.5, 0.6) is 0 Å². The molecule has 65 heavy (non-hydrogen) atoms. The Labute approximate surface area is 396 Å². The van der Waals surface area contributed by atoms with Gasteiger partial charge in [0.25, 0.3) is 10.1 Å². The average Bonchev–Trinajstić information content (AvgIpc) is 3.27. The van der Waals surface area contributed by atoms with Crippen LogP contribution in [-0.2, 0) is 38.7 Å². The third kappa shape index (κ3) is 37.0. The molecular formula is C52H98O12S. The van der Waals surface area contributed by atoms with E-state index in [2.05, 4.69) is 19.9 Å². The molecule has 1 heterocycles. The number of unbranched alkanes of at least 4 members (excludes halogenated alkanes) is 32. The van der Waals surface area contributed by atoms with Gasteiger partial charge in [-0.2, -0.15) is 8.42 Å². The second kappa shape index (κ2) is 42.5. The third-order valence-corrected chi connectivity index (χ3v) is 13.4. The Hall–Kier alpha value is -1.61. The Balaban J connectivity index is 2.34. The molecule has 1 saturated heterocycles. The monoisotopic (exact) mass is 947 g/mol. The molecule has 4 N–H and O–H groups in total. The summed E-state index contributed by atoms with van der Waals surface area (Å²) in [7, 11) is -4.60. The van der Waals surface area contributed by atoms with Crippen molar-refractivity contribution in [1.82, 2.24) is 0 Å². The highest BCUT2D eigenvalue weighted by atomic mass is 32.2. The molecule has 13 heteroatoms. The van der Waals surface area contributed by atoms with Crippen molar-refractivity contribution in [2.45, 2.75) is 288 Å². The Morgan fingerprint density at radius 1 is 0.508 bits per heavy atom. The second-order valence-electron chi connectivity index (χ2n) is 18.9. The quantitative estimate of drug-likeness (QED) is 0.0196. The maximum absolute atomic E-state index is 12.9. The van der Waals surface area contributed by atoms with E-state index in [1.54, 1.807) is 0 Å². The van der Waals surface area contributed by atoms with Gasteiger partial charge in [0.05, 0.1) is 6.61 Å². The summed E-state index contributed by atoms with van der Waals surface area (Å²) >= 11 is 0. The average molecular weight is 947 g/mol. The molecule has 1 rings (SSSR count). The number of carbonyl (C=O) groups is 2. The van der Waals surface area contributed by atoms with E-state index in [1.807, 2.05) is 6.08 Å². The van der Waals surface area contributed by atoms with Gasteiger partial charge in [0.1, 0.15) is 36.8 Å². The van der Waals surface area contributed by atoms with Crippen LogP contribution in [0, 0.1) is 0 Å². The standard InChI is InChI=1S/C52H98O12S/c1-3-5-7-9-11-13-15-17-19-20-21-22-23-24-25-27-29-31-33-35-37-39-41-48(54)63-45(43-62-52-51(57)50(56)49(55)46(64-52)44-65(58,59)60)42-61-47(53)40-38-36-34-32-30-28-26-18-16-14-12-10-8-6-4-2/h34,36,45-46,49-52,55-57H,3-33,35,37-44H2,1-2H3,(H,58,59,60)/b36-34+/t45-,46-,49-,50?,51?,52+/m1/s1. The Kier molecular flexibility index (Phi) is 40.1. The summed E-state index contributed by atoms with van der Waals surface area (Å²) in [6.45, 7) is 3.78. The zero-order chi connectivity index (χ0) is 47.6. The maximum atomic E-state index is 12.9. The summed E-state index contributed by atoms with van der Waals surface area (Å²) < 4.78 is 54.2. The molecule has 0 saturated carbocycles. The first-order valence-corrected chi connectivity index (χ1v) is 28.4. The van der Waals surface area contributed by atoms with Gasteiger partial charge in [-0.25, -0.2) is 0 Å². The molecule has 0 aliphatic carbocycles. The number of hydrogen-bond donors (Lipinski definition) is 4. The molecule has 0 radical (unpaired) electrons. The van der Waals surface area contributed by atoms with Crippen molar-refractivity contribution < 1.29 is 56.8 Å². The minimum Gasteiger partial charge on any atom is -0.462 e. The van der Waals surface area contributed by atoms with Crippen molar-refractivity contribution in [3.63, 3.8) is 0 Å². The fraction of sp³-hybridized carbons (Fsp3) is 0.923. The Morgan fingerprint density at radius 2 is 0.908 bits per heavy atom. The SMILES string of the molecule is CCCCCCCCCCCCC/C=C/CCC(=O)OC[C@H](CO[C@H]1O[C@H](CS(=O)(=O)O)[C@@H](O)C(O)C1O)OC(=O)CCCCCCCCCCCCCCCCCCCCCCCC. The molecule has 0 aromatic heterocycles. The molecule has 0 spiro atoms. The molecule has 0 aromatic rings. The van der Waals surface area contributed by atoms with Gasteiger partial charge >= 0.3 is 11.9 Å². The minimum atomic E-state index is -4.60. The number of hydrogen-bond acceptors (Lipinski definition) is 11. The van der Waals surface area contributed by atoms with Gasteiger partial charge in [-0.05, 0) is 25.7 Å². The number of ether oxygens (including phenoxy) is 4. The van der Waals surface area contributed by atoms with Crippen LogP contribution in [0.1, 0.15) is 251 Å². The lowest BCUT2D eigenvalue weighted by Gasteiger charge is -2.40. The molecule has 1 fully saturated rings. The lowest BCUT2D eigenvalue weighted by Crippen LogP contribution is -2.60. The Morgan fingerprint density at radius 3 is 1.34 bits per heavy atom. The van der Waals surface area contributed by atoms with E-state index < -0.39 is 71.2 Å². The topological polar surface area (TPSA) is 186 Å². The first-order valence-electron chi connectivity index (χ1n) is 26.7. The number of aliphatic hydroxyl groups excluding tert-OH is 3. The molecular weight excluding hydrogens is 849 g/mol. The summed E-state index contributed by atoms with van der Waals surface area (Å²) in [4.78, 5) is 25.5. The fourth-order valence-corrected chi connectivity index (χ4v) is 9.15. The highest BCUT2D eigenvalue weighted by Gasteiger charge is 2.46. The van der Waals surface area contributed by atoms with Crippen LogP contribution >= 0.6 is 0 Å². The molecule has 6 atom stereocenters. The van der Waals surface area contributed by atoms with E-state index in [4.69, 9.17) is 18.9 Å². The van der Waals surface area contributed by atoms with Crippen LogP contribution in [0.3, 0.4) is 0 Å². The van der Waals surface area contributed by atoms with Gasteiger partial charge in [-0.15, -0.1) is 0 Å². The van der Waals surface area contributed by atoms with Crippen LogP contribution in [0.2, 0.25) is 0 Å². The van der Waals surface area contributed by atoms with E-state index in [9.17, 15) is 37.9 Å². The molecule has 0 aromatic carbocycles. The van der Waals surface area contributed by atoms with Crippen LogP contribution in [0.25, 0.3) is 0 Å². The summed E-state index contributed by atoms with van der Waals surface area (Å²) in [5.41, 5.74) is 0. The fourth-order valence-electron chi connectivity index (χ4n) is 8.46. The van der Waals surface area contributed by atoms with E-state index in [0.29, 0.717) is 12.8 Å². The smallest absolute Gasteiger partial charge is 0.306 e. The molecule has 1 aliphatic rings. The van der Waals surface area contributed by atoms with E-state index in [1.165, 1.54) is 180 Å². The number of rotatable bonds is 46. The van der Waals surface area contributed by atoms with E-state index >= 15 is 0 Å². The number of esters is 2. The zero-order valence-electron chi connectivity index (χ0n) is 41.4. The molecule has 384 valence electrons. The van der Waals surface area contributed by atoms with Crippen molar-refractivity contribution in [1.29, 1.82) is 0 Å². The predicted molar refractivity (Wildman–Crippen MR) is 261 cm³/mol. The zero-order valence-corrected chi connectivity index (χ0v) is 42.2. The van der Waals surface area contributed by atoms with Crippen LogP contribution in [0.4, 0.5) is 0 Å². The van der Waals surface area contributed by atoms with Gasteiger partial charge in [0, 0.05) is 12.8 Å². The highest BCUT2D eigenvalue weighted by molar-refractivity contribution is 7.85. The van der Waals surface area contributed by atoms with Crippen molar-refractivity contribution in [3.05, 3.63) is 12.2 Å². The number of aliphatic hydroxyl groups is 3. The number of allylic oxidation sites excluding steroid dienone is 2. The van der Waals surface area contributed by atoms with Gasteiger partial charge < -0.3 is 34.3 Å². The lowest BCUT2D eigenvalue weighted by atomic mass is 10.00. The van der Waals surface area contributed by atoms with Gasteiger partial charge in [-0.1, -0.05) is 225 Å². The summed E-state index contributed by atoms with van der Waals surface area (Å²) in [6, 6.07) is 0. The minimum absolute atomic E-state index is 0.140. The number of carbonyl (C=O) groups excluding carboxylic acids is 2. The normalized spacial score (nSPS) is 19.5. The molecule has 2 unspecified atom stereocenters.